The summed E-state index contributed by atoms with van der Waals surface area (Å²) in [6, 6.07) is 14.7. The third kappa shape index (κ3) is 16.2. The Hall–Kier alpha value is 1.89. The summed E-state index contributed by atoms with van der Waals surface area (Å²) in [6.45, 7) is 4.27. The van der Waals surface area contributed by atoms with Crippen LogP contribution in [0.2, 0.25) is 0 Å². The van der Waals surface area contributed by atoms with Crippen molar-refractivity contribution in [2.24, 2.45) is 0 Å². The van der Waals surface area contributed by atoms with Crippen LogP contribution in [-0.4, -0.2) is 24.9 Å². The first kappa shape index (κ1) is 38.2. The van der Waals surface area contributed by atoms with Crippen molar-refractivity contribution >= 4 is 19.0 Å². The van der Waals surface area contributed by atoms with E-state index in [1.807, 2.05) is 24.3 Å². The predicted molar refractivity (Wildman–Crippen MR) is 102 cm³/mol. The van der Waals surface area contributed by atoms with Gasteiger partial charge in [-0.3, -0.25) is 0 Å². The molecule has 0 heterocycles. The summed E-state index contributed by atoms with van der Waals surface area (Å²) in [5, 5.41) is 18.8. The monoisotopic (exact) mass is 462 g/mol. The van der Waals surface area contributed by atoms with Crippen LogP contribution in [0.1, 0.15) is 43.5 Å². The fourth-order valence-electron chi connectivity index (χ4n) is 2.51. The van der Waals surface area contributed by atoms with Crippen molar-refractivity contribution < 1.29 is 153 Å². The van der Waals surface area contributed by atoms with Crippen LogP contribution in [0.15, 0.2) is 48.5 Å². The van der Waals surface area contributed by atoms with Crippen LogP contribution < -0.4 is 118 Å². The molecule has 0 saturated carbocycles. The smallest absolute Gasteiger partial charge is 1.00 e. The third-order valence-corrected chi connectivity index (χ3v) is 3.50. The molecule has 0 fully saturated rings. The second kappa shape index (κ2) is 19.4. The molecule has 5 N–H and O–H groups in total. The summed E-state index contributed by atoms with van der Waals surface area (Å²) in [6.07, 6.45) is 1.85. The Balaban J connectivity index is -0.0000000733. The number of phenolic OH excluding ortho intramolecular Hbond substituents is 2. The summed E-state index contributed by atoms with van der Waals surface area (Å²) >= 11 is 0. The van der Waals surface area contributed by atoms with Gasteiger partial charge in [-0.05, 0) is 59.4 Å². The van der Waals surface area contributed by atoms with Gasteiger partial charge in [0.15, 0.2) is 0 Å². The summed E-state index contributed by atoms with van der Waals surface area (Å²) in [5.74, 6) is 0.568. The van der Waals surface area contributed by atoms with Crippen molar-refractivity contribution in [2.75, 3.05) is 0 Å². The first-order valence-electron chi connectivity index (χ1n) is 7.74. The number of allylic oxidation sites excluding steroid dienone is 2. The molecule has 29 heavy (non-hydrogen) atoms. The van der Waals surface area contributed by atoms with Gasteiger partial charge in [0.25, 0.3) is 0 Å². The molecule has 0 amide bonds. The second-order valence-electron chi connectivity index (χ2n) is 5.27. The van der Waals surface area contributed by atoms with E-state index < -0.39 is 7.82 Å². The Morgan fingerprint density at radius 2 is 0.897 bits per heavy atom. The van der Waals surface area contributed by atoms with Crippen molar-refractivity contribution in [3.05, 3.63) is 59.7 Å². The van der Waals surface area contributed by atoms with Crippen LogP contribution in [0.3, 0.4) is 0 Å². The van der Waals surface area contributed by atoms with Gasteiger partial charge in [-0.2, -0.15) is 0 Å². The molecule has 0 bridgehead atoms. The van der Waals surface area contributed by atoms with Crippen molar-refractivity contribution in [3.8, 4) is 11.5 Å². The van der Waals surface area contributed by atoms with E-state index in [-0.39, 0.29) is 135 Å². The topological polar surface area (TPSA) is 118 Å². The van der Waals surface area contributed by atoms with E-state index in [0.29, 0.717) is 0 Å². The first-order valence-corrected chi connectivity index (χ1v) is 9.31. The van der Waals surface area contributed by atoms with Gasteiger partial charge in [0, 0.05) is 0 Å². The average molecular weight is 462 g/mol. The minimum atomic E-state index is -4.64. The molecular formula is C18H27Na4O6P. The van der Waals surface area contributed by atoms with Gasteiger partial charge < -0.3 is 30.6 Å². The van der Waals surface area contributed by atoms with E-state index in [0.717, 1.165) is 24.0 Å². The quantitative estimate of drug-likeness (QED) is 0.175. The number of hydrogen-bond acceptors (Lipinski definition) is 3. The predicted octanol–water partition coefficient (Wildman–Crippen LogP) is -7.63. The molecule has 2 rings (SSSR count). The number of aromatic hydroxyl groups is 2. The van der Waals surface area contributed by atoms with Crippen LogP contribution in [0.4, 0.5) is 0 Å². The van der Waals surface area contributed by atoms with Gasteiger partial charge >= 0.3 is 126 Å². The minimum absolute atomic E-state index is 0. The molecule has 6 nitrogen and oxygen atoms in total. The molecule has 0 aliphatic rings. The number of hydrogen-bond donors (Lipinski definition) is 5. The zero-order chi connectivity index (χ0) is 19.0. The summed E-state index contributed by atoms with van der Waals surface area (Å²) in [7, 11) is -4.64. The first-order chi connectivity index (χ1) is 11.7. The molecule has 144 valence electrons. The van der Waals surface area contributed by atoms with E-state index in [2.05, 4.69) is 13.8 Å². The number of phenols is 2. The van der Waals surface area contributed by atoms with Crippen molar-refractivity contribution in [3.63, 3.8) is 0 Å². The van der Waals surface area contributed by atoms with Gasteiger partial charge in [0.1, 0.15) is 11.5 Å². The van der Waals surface area contributed by atoms with Gasteiger partial charge in [0.2, 0.25) is 0 Å². The number of phosphoric acid groups is 1. The maximum atomic E-state index is 9.41. The zero-order valence-electron chi connectivity index (χ0n) is 22.1. The summed E-state index contributed by atoms with van der Waals surface area (Å²) in [4.78, 5) is 21.6. The fourth-order valence-corrected chi connectivity index (χ4v) is 2.51. The Morgan fingerprint density at radius 1 is 0.690 bits per heavy atom. The molecule has 0 aliphatic heterocycles. The molecule has 2 aromatic rings. The maximum absolute atomic E-state index is 9.41. The summed E-state index contributed by atoms with van der Waals surface area (Å²) < 4.78 is 8.88. The summed E-state index contributed by atoms with van der Waals surface area (Å²) in [5.41, 5.74) is 4.82. The second-order valence-corrected chi connectivity index (χ2v) is 6.30. The molecule has 0 spiro atoms. The van der Waals surface area contributed by atoms with Crippen LogP contribution in [0.5, 0.6) is 11.5 Å². The molecule has 11 heteroatoms. The number of rotatable bonds is 4. The van der Waals surface area contributed by atoms with E-state index >= 15 is 0 Å². The Morgan fingerprint density at radius 3 is 1.07 bits per heavy atom. The van der Waals surface area contributed by atoms with Crippen molar-refractivity contribution in [2.45, 2.75) is 26.7 Å². The Bertz CT molecular complexity index is 715. The van der Waals surface area contributed by atoms with Crippen LogP contribution >= 0.6 is 7.82 Å². The molecule has 0 aromatic heterocycles. The van der Waals surface area contributed by atoms with Crippen LogP contribution in [0.25, 0.3) is 11.1 Å². The fraction of sp³-hybridized carbons (Fsp3) is 0.222. The van der Waals surface area contributed by atoms with Crippen LogP contribution in [-0.2, 0) is 4.57 Å². The van der Waals surface area contributed by atoms with Gasteiger partial charge in [-0.15, -0.1) is 0 Å². The van der Waals surface area contributed by atoms with E-state index in [9.17, 15) is 10.2 Å². The standard InChI is InChI=1S/C18H20O2.4Na.H3O4P.4H/c1-3-17(13-5-9-15(19)10-6-13)18(4-2)14-7-11-16(20)12-8-14;;;;;1-5(2,3)4;;;;/h5-12,19-20H,3-4H2,1-2H3;;;;;(H3,1,2,3,4);;;;/q;4*+1;;4*-1/b18-17+;;;;;;;;;. The van der Waals surface area contributed by atoms with E-state index in [1.54, 1.807) is 24.3 Å². The number of benzene rings is 2. The van der Waals surface area contributed by atoms with Crippen LogP contribution in [0, 0.1) is 0 Å². The largest absolute Gasteiger partial charge is 1.00 e. The molecule has 0 aliphatic carbocycles. The molecule has 0 radical (unpaired) electrons. The third-order valence-electron chi connectivity index (χ3n) is 3.50. The Labute approximate surface area is 266 Å². The van der Waals surface area contributed by atoms with Crippen molar-refractivity contribution in [1.29, 1.82) is 0 Å². The molecule has 0 unspecified atom stereocenters. The molecule has 0 saturated heterocycles. The van der Waals surface area contributed by atoms with E-state index in [4.69, 9.17) is 19.2 Å². The van der Waals surface area contributed by atoms with Crippen molar-refractivity contribution in [1.82, 2.24) is 0 Å². The van der Waals surface area contributed by atoms with Gasteiger partial charge in [0.05, 0.1) is 0 Å². The molecular weight excluding hydrogens is 435 g/mol. The average Bonchev–Trinajstić information content (AvgIpc) is 2.53. The van der Waals surface area contributed by atoms with Gasteiger partial charge in [-0.25, -0.2) is 4.57 Å². The zero-order valence-corrected chi connectivity index (χ0v) is 27.0. The molecule has 2 aromatic carbocycles. The normalized spacial score (nSPS) is 10.4. The SMILES string of the molecule is CC/C(=C(/CC)c1ccc(O)cc1)c1ccc(O)cc1.O=P(O)(O)O.[H-].[H-].[H-].[H-].[Na+].[Na+].[Na+].[Na+]. The van der Waals surface area contributed by atoms with Gasteiger partial charge in [-0.1, -0.05) is 38.1 Å². The Kier molecular flexibility index (Phi) is 25.5. The maximum Gasteiger partial charge on any atom is 1.00 e. The molecule has 0 atom stereocenters. The minimum Gasteiger partial charge on any atom is -1.00 e. The van der Waals surface area contributed by atoms with E-state index in [1.165, 1.54) is 11.1 Å².